The Kier molecular flexibility index (Phi) is 9.17. The molecule has 2 nitrogen and oxygen atoms in total. The molecule has 11 aromatic rings. The molecule has 0 radical (unpaired) electrons. The van der Waals surface area contributed by atoms with Gasteiger partial charge in [-0.15, -0.1) is 0 Å². The summed E-state index contributed by atoms with van der Waals surface area (Å²) in [6.07, 6.45) is 0. The Morgan fingerprint density at radius 1 is 0.265 bits per heavy atom. The van der Waals surface area contributed by atoms with Crippen molar-refractivity contribution >= 4 is 103 Å². The normalized spacial score (nSPS) is 14.4. The van der Waals surface area contributed by atoms with E-state index in [-0.39, 0.29) is 0 Å². The zero-order chi connectivity index (χ0) is 45.7. The molecule has 13 rings (SSSR count). The second-order valence-electron chi connectivity index (χ2n) is 19.7. The largest absolute Gasteiger partial charge is 0.311 e. The van der Waals surface area contributed by atoms with Gasteiger partial charge in [-0.3, -0.25) is 0 Å². The molecular weight excluding hydrogens is 853 g/mol. The van der Waals surface area contributed by atoms with Crippen LogP contribution in [0.4, 0.5) is 34.1 Å². The van der Waals surface area contributed by atoms with Gasteiger partial charge in [-0.2, -0.15) is 0 Å². The summed E-state index contributed by atoms with van der Waals surface area (Å²) in [5.41, 5.74) is 14.8. The van der Waals surface area contributed by atoms with E-state index >= 15 is 0 Å². The Bertz CT molecular complexity index is 3730. The lowest BCUT2D eigenvalue weighted by Crippen LogP contribution is -2.58. The highest BCUT2D eigenvalue weighted by Crippen LogP contribution is 2.49. The number of hydrogen-bond donors (Lipinski definition) is 0. The zero-order valence-electron chi connectivity index (χ0n) is 38.8. The van der Waals surface area contributed by atoms with E-state index in [1.54, 1.807) is 0 Å². The maximum absolute atomic E-state index is 2.53. The Morgan fingerprint density at radius 3 is 1.18 bits per heavy atom. The zero-order valence-corrected chi connectivity index (χ0v) is 40.8. The Morgan fingerprint density at radius 2 is 0.662 bits per heavy atom. The molecule has 0 aliphatic carbocycles. The highest BCUT2D eigenvalue weighted by molar-refractivity contribution is 7.03. The van der Waals surface area contributed by atoms with Crippen LogP contribution < -0.4 is 30.5 Å². The van der Waals surface area contributed by atoms with Crippen molar-refractivity contribution in [1.29, 1.82) is 0 Å². The van der Waals surface area contributed by atoms with Crippen LogP contribution in [0.3, 0.4) is 0 Å². The van der Waals surface area contributed by atoms with Gasteiger partial charge in [0.25, 0.3) is 0 Å². The number of rotatable bonds is 5. The fraction of sp³-hybridized carbons (Fsp3) is 0.0625. The molecule has 0 spiro atoms. The van der Waals surface area contributed by atoms with Crippen molar-refractivity contribution < 1.29 is 0 Å². The fourth-order valence-corrected chi connectivity index (χ4v) is 17.8. The van der Waals surface area contributed by atoms with Crippen LogP contribution in [0, 0.1) is 0 Å². The Hall–Kier alpha value is -7.77. The second kappa shape index (κ2) is 15.4. The van der Waals surface area contributed by atoms with Crippen LogP contribution in [-0.4, -0.2) is 16.1 Å². The molecule has 68 heavy (non-hydrogen) atoms. The summed E-state index contributed by atoms with van der Waals surface area (Å²) in [5, 5.41) is 13.3. The minimum atomic E-state index is -1.98. The van der Waals surface area contributed by atoms with Gasteiger partial charge in [0, 0.05) is 34.1 Å². The molecule has 0 fully saturated rings. The summed E-state index contributed by atoms with van der Waals surface area (Å²) < 4.78 is 0. The molecule has 0 aromatic heterocycles. The molecule has 2 aliphatic rings. The van der Waals surface area contributed by atoms with Crippen molar-refractivity contribution in [3.05, 3.63) is 231 Å². The predicted molar refractivity (Wildman–Crippen MR) is 298 cm³/mol. The van der Waals surface area contributed by atoms with Crippen molar-refractivity contribution in [2.45, 2.75) is 26.2 Å². The molecular formula is C64H50N2Si2. The number of anilines is 6. The van der Waals surface area contributed by atoms with Crippen LogP contribution in [-0.2, 0) is 0 Å². The smallest absolute Gasteiger partial charge is 0.117 e. The molecule has 0 unspecified atom stereocenters. The van der Waals surface area contributed by atoms with E-state index in [1.165, 1.54) is 115 Å². The van der Waals surface area contributed by atoms with Gasteiger partial charge in [0.05, 0.1) is 0 Å². The minimum absolute atomic E-state index is 1.16. The topological polar surface area (TPSA) is 6.48 Å². The van der Waals surface area contributed by atoms with Gasteiger partial charge in [0.1, 0.15) is 16.1 Å². The van der Waals surface area contributed by atoms with Crippen LogP contribution in [0.2, 0.25) is 26.2 Å². The monoisotopic (exact) mass is 902 g/mol. The molecule has 0 bridgehead atoms. The highest BCUT2D eigenvalue weighted by atomic mass is 28.3. The van der Waals surface area contributed by atoms with E-state index < -0.39 is 16.1 Å². The molecule has 324 valence electrons. The summed E-state index contributed by atoms with van der Waals surface area (Å²) in [5.74, 6) is 0. The first kappa shape index (κ1) is 40.5. The predicted octanol–water partition coefficient (Wildman–Crippen LogP) is 15.4. The maximum Gasteiger partial charge on any atom is 0.117 e. The fourth-order valence-electron chi connectivity index (χ4n) is 11.8. The summed E-state index contributed by atoms with van der Waals surface area (Å²) in [7, 11) is -3.96. The molecule has 2 aliphatic heterocycles. The van der Waals surface area contributed by atoms with Gasteiger partial charge in [-0.25, -0.2) is 0 Å². The third-order valence-electron chi connectivity index (χ3n) is 15.2. The second-order valence-corrected chi connectivity index (χ2v) is 28.4. The van der Waals surface area contributed by atoms with Crippen molar-refractivity contribution in [3.8, 4) is 33.4 Å². The molecule has 0 N–H and O–H groups in total. The van der Waals surface area contributed by atoms with E-state index in [4.69, 9.17) is 0 Å². The number of nitrogens with zero attached hydrogens (tertiary/aromatic N) is 2. The van der Waals surface area contributed by atoms with Crippen LogP contribution in [0.1, 0.15) is 0 Å². The van der Waals surface area contributed by atoms with E-state index in [0.717, 1.165) is 5.69 Å². The number of fused-ring (bicyclic) bond motifs is 7. The summed E-state index contributed by atoms with van der Waals surface area (Å²) >= 11 is 0. The molecule has 0 saturated carbocycles. The van der Waals surface area contributed by atoms with E-state index in [1.807, 2.05) is 0 Å². The van der Waals surface area contributed by atoms with Gasteiger partial charge in [-0.1, -0.05) is 196 Å². The van der Waals surface area contributed by atoms with Crippen molar-refractivity contribution in [2.24, 2.45) is 0 Å². The SMILES string of the molecule is C[Si]1(C)c2ccccc2N(c2ccc3c(-c4cccc(-c5ccc6ccccc6c5)c4)c4cc(N5c6ccccc6[Si](C)(C)c6ccccc65)ccc4c(-c4ccccc4)c3c2)c2ccccc21. The van der Waals surface area contributed by atoms with Crippen molar-refractivity contribution in [1.82, 2.24) is 0 Å². The maximum atomic E-state index is 2.53. The third kappa shape index (κ3) is 6.14. The first-order valence-corrected chi connectivity index (χ1v) is 29.9. The number of benzene rings is 11. The van der Waals surface area contributed by atoms with E-state index in [2.05, 4.69) is 267 Å². The van der Waals surface area contributed by atoms with Gasteiger partial charge in [0.2, 0.25) is 0 Å². The molecule has 2 heterocycles. The quantitative estimate of drug-likeness (QED) is 0.125. The lowest BCUT2D eigenvalue weighted by Gasteiger charge is -2.41. The molecule has 11 aromatic carbocycles. The Balaban J connectivity index is 1.12. The van der Waals surface area contributed by atoms with Crippen LogP contribution in [0.15, 0.2) is 231 Å². The molecule has 0 atom stereocenters. The lowest BCUT2D eigenvalue weighted by molar-refractivity contribution is 1.29. The standard InChI is InChI=1S/C64H50N2Si2/c1-67(2)59-29-14-10-25-55(59)65(56-26-11-15-30-60(56)67)49-36-38-52-53(41-49)63(44-20-6-5-7-21-44)51-37-35-50(66-57-27-12-16-31-61(57)68(3,4)62-32-17-13-28-58(62)66)42-54(51)64(52)48-24-18-23-46(40-48)47-34-33-43-19-8-9-22-45(43)39-47/h5-42H,1-4H3. The highest BCUT2D eigenvalue weighted by Gasteiger charge is 2.40. The summed E-state index contributed by atoms with van der Waals surface area (Å²) in [6.45, 7) is 10.00. The first-order chi connectivity index (χ1) is 33.3. The average molecular weight is 903 g/mol. The van der Waals surface area contributed by atoms with Crippen LogP contribution >= 0.6 is 0 Å². The van der Waals surface area contributed by atoms with Crippen molar-refractivity contribution in [2.75, 3.05) is 9.80 Å². The van der Waals surface area contributed by atoms with Gasteiger partial charge >= 0.3 is 0 Å². The lowest BCUT2D eigenvalue weighted by atomic mass is 9.84. The average Bonchev–Trinajstić information content (AvgIpc) is 3.38. The van der Waals surface area contributed by atoms with E-state index in [0.29, 0.717) is 0 Å². The minimum Gasteiger partial charge on any atom is -0.311 e. The molecule has 0 amide bonds. The van der Waals surface area contributed by atoms with Crippen LogP contribution in [0.5, 0.6) is 0 Å². The van der Waals surface area contributed by atoms with Crippen LogP contribution in [0.25, 0.3) is 65.7 Å². The molecule has 0 saturated heterocycles. The van der Waals surface area contributed by atoms with Crippen molar-refractivity contribution in [3.63, 3.8) is 0 Å². The van der Waals surface area contributed by atoms with Gasteiger partial charge in [-0.05, 0) is 147 Å². The van der Waals surface area contributed by atoms with E-state index in [9.17, 15) is 0 Å². The summed E-state index contributed by atoms with van der Waals surface area (Å²) in [4.78, 5) is 5.06. The third-order valence-corrected chi connectivity index (χ3v) is 22.2. The number of hydrogen-bond acceptors (Lipinski definition) is 2. The molecule has 4 heteroatoms. The van der Waals surface area contributed by atoms with Gasteiger partial charge in [0.15, 0.2) is 0 Å². The Labute approximate surface area is 401 Å². The number of para-hydroxylation sites is 4. The van der Waals surface area contributed by atoms with Gasteiger partial charge < -0.3 is 9.80 Å². The summed E-state index contributed by atoms with van der Waals surface area (Å²) in [6, 6.07) is 86.9. The first-order valence-electron chi connectivity index (χ1n) is 23.9.